The molecule has 2 heterocycles. The van der Waals surface area contributed by atoms with Gasteiger partial charge in [-0.3, -0.25) is 9.36 Å². The number of imidazole rings is 1. The molecule has 5 atom stereocenters. The number of ether oxygens (including phenoxy) is 2. The Morgan fingerprint density at radius 1 is 1.36 bits per heavy atom. The molecule has 1 saturated heterocycles. The molecule has 0 bridgehead atoms. The molecule has 0 radical (unpaired) electrons. The van der Waals surface area contributed by atoms with Crippen LogP contribution in [0.15, 0.2) is 16.9 Å². The molecular weight excluding hydrogens is 477 g/mol. The van der Waals surface area contributed by atoms with Crippen molar-refractivity contribution in [2.75, 3.05) is 6.61 Å². The minimum Gasteiger partial charge on any atom is -0.462 e. The number of nitrogens with zero attached hydrogens (tertiary/aromatic N) is 2. The Balaban J connectivity index is 1.81. The van der Waals surface area contributed by atoms with Gasteiger partial charge in [-0.2, -0.15) is 0 Å². The summed E-state index contributed by atoms with van der Waals surface area (Å²) in [6, 6.07) is 2.40. The molecule has 28 heavy (non-hydrogen) atoms. The Morgan fingerprint density at radius 3 is 2.64 bits per heavy atom. The summed E-state index contributed by atoms with van der Waals surface area (Å²) in [4.78, 5) is 16.3. The Hall–Kier alpha value is -0.940. The molecule has 8 nitrogen and oxygen atoms in total. The number of carbonyl (C=O) groups is 1. The van der Waals surface area contributed by atoms with Crippen molar-refractivity contribution in [2.45, 2.75) is 44.4 Å². The second-order valence-corrected chi connectivity index (χ2v) is 8.48. The molecule has 1 unspecified atom stereocenters. The number of benzene rings is 1. The van der Waals surface area contributed by atoms with Gasteiger partial charge in [-0.05, 0) is 34.0 Å². The van der Waals surface area contributed by atoms with E-state index in [1.54, 1.807) is 30.5 Å². The molecule has 1 fully saturated rings. The molecule has 1 aromatic heterocycles. The van der Waals surface area contributed by atoms with Crippen LogP contribution in [0.1, 0.15) is 20.1 Å². The van der Waals surface area contributed by atoms with Gasteiger partial charge in [0.15, 0.2) is 11.0 Å². The van der Waals surface area contributed by atoms with Crippen molar-refractivity contribution < 1.29 is 24.5 Å². The summed E-state index contributed by atoms with van der Waals surface area (Å²) in [5.41, 5.74) is 6.84. The van der Waals surface area contributed by atoms with E-state index in [1.165, 1.54) is 0 Å². The summed E-state index contributed by atoms with van der Waals surface area (Å²) in [7, 11) is 0. The Labute approximate surface area is 179 Å². The van der Waals surface area contributed by atoms with Crippen molar-refractivity contribution in [3.63, 3.8) is 0 Å². The Bertz CT molecular complexity index is 893. The molecule has 4 N–H and O–H groups in total. The van der Waals surface area contributed by atoms with Gasteiger partial charge in [0.1, 0.15) is 31.0 Å². The maximum atomic E-state index is 11.9. The van der Waals surface area contributed by atoms with E-state index in [1.807, 2.05) is 0 Å². The van der Waals surface area contributed by atoms with Crippen LogP contribution < -0.4 is 5.73 Å². The number of hydrogen-bond acceptors (Lipinski definition) is 7. The molecule has 0 saturated carbocycles. The first-order chi connectivity index (χ1) is 13.1. The van der Waals surface area contributed by atoms with E-state index >= 15 is 0 Å². The first-order valence-corrected chi connectivity index (χ1v) is 10.1. The van der Waals surface area contributed by atoms with Crippen molar-refractivity contribution in [1.82, 2.24) is 9.55 Å². The fraction of sp³-hybridized carbons (Fsp3) is 0.529. The monoisotopic (exact) mass is 495 g/mol. The van der Waals surface area contributed by atoms with E-state index in [4.69, 9.17) is 38.4 Å². The van der Waals surface area contributed by atoms with E-state index in [-0.39, 0.29) is 12.5 Å². The van der Waals surface area contributed by atoms with Crippen LogP contribution in [0.2, 0.25) is 10.0 Å². The minimum atomic E-state index is -1.29. The van der Waals surface area contributed by atoms with E-state index in [9.17, 15) is 15.0 Å². The Kier molecular flexibility index (Phi) is 6.55. The standard InChI is InChI=1S/C17H20BrCl2N3O5/c1-6(2)12(21)16(26)27-5-11-13(24)14(25)15(28-11)23-10-4-8(20)7(19)3-9(10)22-17(23)18/h3-4,6,11-15,24-25H,5,21H2,1-2H3/t11-,12+,13-,14-,15?/m1/s1. The highest BCUT2D eigenvalue weighted by molar-refractivity contribution is 9.10. The molecule has 1 aliphatic heterocycles. The van der Waals surface area contributed by atoms with Crippen molar-refractivity contribution in [2.24, 2.45) is 11.7 Å². The summed E-state index contributed by atoms with van der Waals surface area (Å²) < 4.78 is 12.8. The highest BCUT2D eigenvalue weighted by Crippen LogP contribution is 2.37. The smallest absolute Gasteiger partial charge is 0.323 e. The van der Waals surface area contributed by atoms with Crippen LogP contribution in [0.3, 0.4) is 0 Å². The first kappa shape index (κ1) is 21.8. The Morgan fingerprint density at radius 2 is 2.00 bits per heavy atom. The van der Waals surface area contributed by atoms with E-state index < -0.39 is 36.6 Å². The van der Waals surface area contributed by atoms with Gasteiger partial charge in [0.25, 0.3) is 0 Å². The largest absolute Gasteiger partial charge is 0.462 e. The molecule has 0 spiro atoms. The van der Waals surface area contributed by atoms with Gasteiger partial charge < -0.3 is 25.4 Å². The summed E-state index contributed by atoms with van der Waals surface area (Å²) in [6.45, 7) is 3.35. The van der Waals surface area contributed by atoms with Crippen molar-refractivity contribution in [3.8, 4) is 0 Å². The quantitative estimate of drug-likeness (QED) is 0.543. The fourth-order valence-electron chi connectivity index (χ4n) is 2.92. The third kappa shape index (κ3) is 4.02. The number of rotatable bonds is 5. The van der Waals surface area contributed by atoms with Gasteiger partial charge in [0.2, 0.25) is 0 Å². The lowest BCUT2D eigenvalue weighted by Crippen LogP contribution is -2.40. The predicted molar refractivity (Wildman–Crippen MR) is 107 cm³/mol. The summed E-state index contributed by atoms with van der Waals surface area (Å²) in [5, 5.41) is 21.5. The normalized spacial score (nSPS) is 26.2. The molecule has 1 aliphatic rings. The molecule has 3 rings (SSSR count). The summed E-state index contributed by atoms with van der Waals surface area (Å²) in [5.74, 6) is -0.690. The zero-order chi connectivity index (χ0) is 20.7. The van der Waals surface area contributed by atoms with Gasteiger partial charge in [0, 0.05) is 0 Å². The molecular formula is C17H20BrCl2N3O5. The van der Waals surface area contributed by atoms with E-state index in [2.05, 4.69) is 20.9 Å². The van der Waals surface area contributed by atoms with Crippen molar-refractivity contribution >= 4 is 56.1 Å². The lowest BCUT2D eigenvalue weighted by Gasteiger charge is -2.19. The highest BCUT2D eigenvalue weighted by Gasteiger charge is 2.45. The van der Waals surface area contributed by atoms with Crippen LogP contribution in [0, 0.1) is 5.92 Å². The molecule has 0 amide bonds. The number of esters is 1. The number of aromatic nitrogens is 2. The fourth-order valence-corrected chi connectivity index (χ4v) is 3.82. The predicted octanol–water partition coefficient (Wildman–Crippen LogP) is 2.25. The van der Waals surface area contributed by atoms with Crippen LogP contribution in [0.4, 0.5) is 0 Å². The van der Waals surface area contributed by atoms with E-state index in [0.29, 0.717) is 25.8 Å². The maximum Gasteiger partial charge on any atom is 0.323 e. The van der Waals surface area contributed by atoms with Crippen LogP contribution in [-0.4, -0.2) is 56.7 Å². The highest BCUT2D eigenvalue weighted by atomic mass is 79.9. The zero-order valence-corrected chi connectivity index (χ0v) is 18.1. The number of fused-ring (bicyclic) bond motifs is 1. The van der Waals surface area contributed by atoms with Gasteiger partial charge >= 0.3 is 5.97 Å². The SMILES string of the molecule is CC(C)[C@H](N)C(=O)OC[C@H]1OC(n2c(Br)nc3cc(Cl)c(Cl)cc32)[C@H](O)[C@@H]1O. The van der Waals surface area contributed by atoms with Gasteiger partial charge in [0.05, 0.1) is 21.1 Å². The molecule has 11 heteroatoms. The van der Waals surface area contributed by atoms with Gasteiger partial charge in [-0.25, -0.2) is 4.98 Å². The maximum absolute atomic E-state index is 11.9. The van der Waals surface area contributed by atoms with E-state index in [0.717, 1.165) is 0 Å². The molecule has 0 aliphatic carbocycles. The number of aliphatic hydroxyl groups is 2. The van der Waals surface area contributed by atoms with Crippen LogP contribution in [-0.2, 0) is 14.3 Å². The number of aliphatic hydroxyl groups excluding tert-OH is 2. The lowest BCUT2D eigenvalue weighted by molar-refractivity contribution is -0.152. The average Bonchev–Trinajstić information content (AvgIpc) is 3.09. The summed E-state index contributed by atoms with van der Waals surface area (Å²) >= 11 is 15.4. The van der Waals surface area contributed by atoms with Crippen LogP contribution in [0.5, 0.6) is 0 Å². The number of hydrogen-bond donors (Lipinski definition) is 3. The van der Waals surface area contributed by atoms with Gasteiger partial charge in [-0.15, -0.1) is 0 Å². The number of carbonyl (C=O) groups excluding carboxylic acids is 1. The minimum absolute atomic E-state index is 0.0925. The molecule has 1 aromatic carbocycles. The van der Waals surface area contributed by atoms with Gasteiger partial charge in [-0.1, -0.05) is 37.0 Å². The zero-order valence-electron chi connectivity index (χ0n) is 15.1. The summed E-state index contributed by atoms with van der Waals surface area (Å²) in [6.07, 6.45) is -4.48. The lowest BCUT2D eigenvalue weighted by atomic mass is 10.1. The topological polar surface area (TPSA) is 120 Å². The van der Waals surface area contributed by atoms with Crippen LogP contribution >= 0.6 is 39.1 Å². The first-order valence-electron chi connectivity index (χ1n) is 8.58. The molecule has 154 valence electrons. The van der Waals surface area contributed by atoms with Crippen molar-refractivity contribution in [1.29, 1.82) is 0 Å². The molecule has 2 aromatic rings. The second-order valence-electron chi connectivity index (χ2n) is 6.95. The van der Waals surface area contributed by atoms with Crippen LogP contribution in [0.25, 0.3) is 11.0 Å². The number of halogens is 3. The third-order valence-electron chi connectivity index (χ3n) is 4.66. The average molecular weight is 497 g/mol. The second kappa shape index (κ2) is 8.43. The third-order valence-corrected chi connectivity index (χ3v) is 5.94. The number of nitrogens with two attached hydrogens (primary N) is 1. The van der Waals surface area contributed by atoms with Crippen molar-refractivity contribution in [3.05, 3.63) is 26.9 Å².